The molecule has 2 heterocycles. The first kappa shape index (κ1) is 13.2. The molecule has 0 saturated carbocycles. The zero-order valence-corrected chi connectivity index (χ0v) is 12.1. The molecule has 0 unspecified atom stereocenters. The molecule has 0 aliphatic carbocycles. The summed E-state index contributed by atoms with van der Waals surface area (Å²) in [5.41, 5.74) is 2.14. The van der Waals surface area contributed by atoms with Crippen molar-refractivity contribution in [3.63, 3.8) is 0 Å². The zero-order valence-electron chi connectivity index (χ0n) is 10.5. The van der Waals surface area contributed by atoms with Crippen molar-refractivity contribution >= 4 is 34.3 Å². The molecule has 2 aromatic heterocycles. The molecule has 0 aromatic carbocycles. The SMILES string of the molecule is CCNc1cncc(N(C)Cc2ccc(Cl)s2)c1. The van der Waals surface area contributed by atoms with Gasteiger partial charge < -0.3 is 10.2 Å². The van der Waals surface area contributed by atoms with Gasteiger partial charge in [0.2, 0.25) is 0 Å². The molecular formula is C13H16ClN3S. The molecule has 96 valence electrons. The summed E-state index contributed by atoms with van der Waals surface area (Å²) in [6, 6.07) is 6.10. The van der Waals surface area contributed by atoms with Crippen molar-refractivity contribution in [2.45, 2.75) is 13.5 Å². The van der Waals surface area contributed by atoms with Crippen molar-refractivity contribution in [1.29, 1.82) is 0 Å². The Morgan fingerprint density at radius 3 is 2.89 bits per heavy atom. The highest BCUT2D eigenvalue weighted by atomic mass is 35.5. The van der Waals surface area contributed by atoms with Crippen LogP contribution in [-0.2, 0) is 6.54 Å². The van der Waals surface area contributed by atoms with Crippen LogP contribution in [0.1, 0.15) is 11.8 Å². The van der Waals surface area contributed by atoms with Gasteiger partial charge in [-0.3, -0.25) is 4.98 Å². The Labute approximate surface area is 116 Å². The molecule has 18 heavy (non-hydrogen) atoms. The van der Waals surface area contributed by atoms with Gasteiger partial charge in [-0.25, -0.2) is 0 Å². The van der Waals surface area contributed by atoms with Gasteiger partial charge in [-0.2, -0.15) is 0 Å². The smallest absolute Gasteiger partial charge is 0.0931 e. The fourth-order valence-corrected chi connectivity index (χ4v) is 2.84. The van der Waals surface area contributed by atoms with E-state index in [1.807, 2.05) is 18.5 Å². The number of hydrogen-bond donors (Lipinski definition) is 1. The van der Waals surface area contributed by atoms with Crippen LogP contribution in [0.25, 0.3) is 0 Å². The average Bonchev–Trinajstić information content (AvgIpc) is 2.75. The van der Waals surface area contributed by atoms with E-state index in [9.17, 15) is 0 Å². The second-order valence-corrected chi connectivity index (χ2v) is 5.82. The maximum absolute atomic E-state index is 5.93. The van der Waals surface area contributed by atoms with Crippen LogP contribution in [-0.4, -0.2) is 18.6 Å². The number of thiophene rings is 1. The molecule has 0 radical (unpaired) electrons. The van der Waals surface area contributed by atoms with E-state index in [1.54, 1.807) is 11.3 Å². The maximum Gasteiger partial charge on any atom is 0.0931 e. The molecule has 2 aromatic rings. The third kappa shape index (κ3) is 3.37. The summed E-state index contributed by atoms with van der Waals surface area (Å²) in [5, 5.41) is 3.26. The standard InChI is InChI=1S/C13H16ClN3S/c1-3-16-10-6-11(8-15-7-10)17(2)9-12-4-5-13(14)18-12/h4-8,16H,3,9H2,1-2H3. The molecule has 2 rings (SSSR count). The molecule has 0 spiro atoms. The summed E-state index contributed by atoms with van der Waals surface area (Å²) in [6.07, 6.45) is 3.71. The number of halogens is 1. The fraction of sp³-hybridized carbons (Fsp3) is 0.308. The number of nitrogens with zero attached hydrogens (tertiary/aromatic N) is 2. The van der Waals surface area contributed by atoms with Gasteiger partial charge in [0.15, 0.2) is 0 Å². The first-order valence-corrected chi connectivity index (χ1v) is 7.02. The molecule has 5 heteroatoms. The summed E-state index contributed by atoms with van der Waals surface area (Å²) in [4.78, 5) is 7.65. The Bertz CT molecular complexity index is 512. The van der Waals surface area contributed by atoms with Crippen LogP contribution in [0.15, 0.2) is 30.6 Å². The third-order valence-corrected chi connectivity index (χ3v) is 3.78. The van der Waals surface area contributed by atoms with Crippen molar-refractivity contribution in [1.82, 2.24) is 4.98 Å². The first-order valence-electron chi connectivity index (χ1n) is 5.83. The average molecular weight is 282 g/mol. The van der Waals surface area contributed by atoms with Crippen molar-refractivity contribution in [3.05, 3.63) is 39.8 Å². The highest BCUT2D eigenvalue weighted by Gasteiger charge is 2.05. The Morgan fingerprint density at radius 2 is 2.22 bits per heavy atom. The lowest BCUT2D eigenvalue weighted by Crippen LogP contribution is -2.16. The number of rotatable bonds is 5. The van der Waals surface area contributed by atoms with Gasteiger partial charge in [-0.15, -0.1) is 11.3 Å². The van der Waals surface area contributed by atoms with E-state index in [2.05, 4.69) is 41.3 Å². The second kappa shape index (κ2) is 6.07. The van der Waals surface area contributed by atoms with Crippen molar-refractivity contribution in [2.24, 2.45) is 0 Å². The van der Waals surface area contributed by atoms with Crippen molar-refractivity contribution < 1.29 is 0 Å². The van der Waals surface area contributed by atoms with Crippen LogP contribution < -0.4 is 10.2 Å². The van der Waals surface area contributed by atoms with Gasteiger partial charge in [0, 0.05) is 18.5 Å². The zero-order chi connectivity index (χ0) is 13.0. The Morgan fingerprint density at radius 1 is 1.39 bits per heavy atom. The Hall–Kier alpha value is -1.26. The van der Waals surface area contributed by atoms with Gasteiger partial charge in [0.05, 0.1) is 34.6 Å². The molecule has 0 bridgehead atoms. The van der Waals surface area contributed by atoms with Gasteiger partial charge >= 0.3 is 0 Å². The van der Waals surface area contributed by atoms with Crippen molar-refractivity contribution in [3.8, 4) is 0 Å². The molecule has 0 amide bonds. The summed E-state index contributed by atoms with van der Waals surface area (Å²) < 4.78 is 0.831. The van der Waals surface area contributed by atoms with E-state index in [0.29, 0.717) is 0 Å². The second-order valence-electron chi connectivity index (χ2n) is 4.02. The first-order chi connectivity index (χ1) is 8.69. The Kier molecular flexibility index (Phi) is 4.44. The van der Waals surface area contributed by atoms with Crippen LogP contribution in [0, 0.1) is 0 Å². The van der Waals surface area contributed by atoms with E-state index in [4.69, 9.17) is 11.6 Å². The van der Waals surface area contributed by atoms with E-state index in [0.717, 1.165) is 28.8 Å². The third-order valence-electron chi connectivity index (χ3n) is 2.57. The number of pyridine rings is 1. The molecule has 0 aliphatic heterocycles. The highest BCUT2D eigenvalue weighted by Crippen LogP contribution is 2.25. The predicted octanol–water partition coefficient (Wildman–Crippen LogP) is 3.86. The molecule has 0 saturated heterocycles. The van der Waals surface area contributed by atoms with Gasteiger partial charge in [-0.05, 0) is 25.1 Å². The van der Waals surface area contributed by atoms with E-state index >= 15 is 0 Å². The lowest BCUT2D eigenvalue weighted by molar-refractivity contribution is 0.934. The summed E-state index contributed by atoms with van der Waals surface area (Å²) >= 11 is 7.55. The van der Waals surface area contributed by atoms with Crippen LogP contribution in [0.4, 0.5) is 11.4 Å². The topological polar surface area (TPSA) is 28.2 Å². The fourth-order valence-electron chi connectivity index (χ4n) is 1.70. The molecule has 0 fully saturated rings. The lowest BCUT2D eigenvalue weighted by atomic mass is 10.3. The molecule has 0 aliphatic rings. The van der Waals surface area contributed by atoms with Crippen LogP contribution >= 0.6 is 22.9 Å². The largest absolute Gasteiger partial charge is 0.384 e. The van der Waals surface area contributed by atoms with Crippen LogP contribution in [0.2, 0.25) is 4.34 Å². The molecule has 3 nitrogen and oxygen atoms in total. The van der Waals surface area contributed by atoms with E-state index < -0.39 is 0 Å². The Balaban J connectivity index is 2.08. The van der Waals surface area contributed by atoms with Crippen LogP contribution in [0.3, 0.4) is 0 Å². The van der Waals surface area contributed by atoms with Gasteiger partial charge in [-0.1, -0.05) is 11.6 Å². The summed E-state index contributed by atoms with van der Waals surface area (Å²) in [5.74, 6) is 0. The quantitative estimate of drug-likeness (QED) is 0.902. The van der Waals surface area contributed by atoms with E-state index in [1.165, 1.54) is 4.88 Å². The molecule has 0 atom stereocenters. The normalized spacial score (nSPS) is 10.4. The van der Waals surface area contributed by atoms with Crippen LogP contribution in [0.5, 0.6) is 0 Å². The monoisotopic (exact) mass is 281 g/mol. The lowest BCUT2D eigenvalue weighted by Gasteiger charge is -2.18. The minimum atomic E-state index is 0.831. The predicted molar refractivity (Wildman–Crippen MR) is 79.8 cm³/mol. The summed E-state index contributed by atoms with van der Waals surface area (Å²) in [6.45, 7) is 3.81. The number of anilines is 2. The number of aromatic nitrogens is 1. The minimum absolute atomic E-state index is 0.831. The minimum Gasteiger partial charge on any atom is -0.384 e. The maximum atomic E-state index is 5.93. The van der Waals surface area contributed by atoms with Gasteiger partial charge in [0.25, 0.3) is 0 Å². The number of nitrogens with one attached hydrogen (secondary N) is 1. The molecular weight excluding hydrogens is 266 g/mol. The van der Waals surface area contributed by atoms with Crippen molar-refractivity contribution in [2.75, 3.05) is 23.8 Å². The van der Waals surface area contributed by atoms with Gasteiger partial charge in [0.1, 0.15) is 0 Å². The van der Waals surface area contributed by atoms with E-state index in [-0.39, 0.29) is 0 Å². The summed E-state index contributed by atoms with van der Waals surface area (Å²) in [7, 11) is 2.06. The number of hydrogen-bond acceptors (Lipinski definition) is 4. The molecule has 1 N–H and O–H groups in total. The highest BCUT2D eigenvalue weighted by molar-refractivity contribution is 7.16.